The summed E-state index contributed by atoms with van der Waals surface area (Å²) in [6.45, 7) is 1.16. The first-order chi connectivity index (χ1) is 8.58. The molecule has 18 heavy (non-hydrogen) atoms. The van der Waals surface area contributed by atoms with Gasteiger partial charge in [-0.3, -0.25) is 4.57 Å². The van der Waals surface area contributed by atoms with E-state index in [9.17, 15) is 0 Å². The highest BCUT2D eigenvalue weighted by Crippen LogP contribution is 2.19. The molecule has 2 N–H and O–H groups in total. The quantitative estimate of drug-likeness (QED) is 0.502. The fourth-order valence-corrected chi connectivity index (χ4v) is 2.32. The van der Waals surface area contributed by atoms with Gasteiger partial charge in [-0.25, -0.2) is 9.97 Å². The van der Waals surface area contributed by atoms with Crippen molar-refractivity contribution in [2.24, 2.45) is 0 Å². The molecule has 0 aliphatic rings. The molecule has 0 unspecified atom stereocenters. The van der Waals surface area contributed by atoms with Crippen LogP contribution in [0.3, 0.4) is 0 Å². The lowest BCUT2D eigenvalue weighted by molar-refractivity contribution is 0.0920. The van der Waals surface area contributed by atoms with E-state index in [-0.39, 0.29) is 5.95 Å². The summed E-state index contributed by atoms with van der Waals surface area (Å²) in [7, 11) is 0.399. The zero-order valence-electron chi connectivity index (χ0n) is 10.3. The minimum atomic E-state index is 0.222. The third-order valence-electron chi connectivity index (χ3n) is 2.30. The van der Waals surface area contributed by atoms with Crippen LogP contribution in [-0.2, 0) is 22.4 Å². The molecule has 0 aromatic carbocycles. The summed E-state index contributed by atoms with van der Waals surface area (Å²) in [6, 6.07) is 0. The SMILES string of the molecule is C[S+](C)CCOCn1cnc2c(Br)nc(N)nc21. The Hall–Kier alpha value is -0.860. The Balaban J connectivity index is 2.09. The summed E-state index contributed by atoms with van der Waals surface area (Å²) in [5.41, 5.74) is 6.99. The van der Waals surface area contributed by atoms with Crippen molar-refractivity contribution in [3.63, 3.8) is 0 Å². The van der Waals surface area contributed by atoms with E-state index in [1.807, 2.05) is 4.57 Å². The first-order valence-electron chi connectivity index (χ1n) is 5.33. The zero-order valence-corrected chi connectivity index (χ0v) is 12.7. The number of ether oxygens (including phenoxy) is 1. The van der Waals surface area contributed by atoms with Crippen LogP contribution in [0.15, 0.2) is 10.9 Å². The van der Waals surface area contributed by atoms with Crippen LogP contribution in [-0.4, -0.2) is 44.4 Å². The number of halogens is 1. The molecule has 0 bridgehead atoms. The van der Waals surface area contributed by atoms with Crippen molar-refractivity contribution < 1.29 is 4.74 Å². The minimum Gasteiger partial charge on any atom is -0.368 e. The first-order valence-corrected chi connectivity index (χ1v) is 8.34. The summed E-state index contributed by atoms with van der Waals surface area (Å²) in [5, 5.41) is 0. The zero-order chi connectivity index (χ0) is 13.1. The maximum absolute atomic E-state index is 5.61. The van der Waals surface area contributed by atoms with Gasteiger partial charge in [-0.15, -0.1) is 0 Å². The van der Waals surface area contributed by atoms with E-state index in [1.165, 1.54) is 0 Å². The highest BCUT2D eigenvalue weighted by atomic mass is 79.9. The number of fused-ring (bicyclic) bond motifs is 1. The molecule has 0 atom stereocenters. The van der Waals surface area contributed by atoms with Gasteiger partial charge in [0.1, 0.15) is 22.6 Å². The average molecular weight is 333 g/mol. The van der Waals surface area contributed by atoms with Gasteiger partial charge in [-0.1, -0.05) is 0 Å². The predicted molar refractivity (Wildman–Crippen MR) is 77.5 cm³/mol. The number of rotatable bonds is 5. The molecule has 98 valence electrons. The molecule has 6 nitrogen and oxygen atoms in total. The minimum absolute atomic E-state index is 0.222. The molecule has 0 radical (unpaired) electrons. The summed E-state index contributed by atoms with van der Waals surface area (Å²) in [5.74, 6) is 1.28. The molecule has 8 heteroatoms. The molecule has 0 saturated carbocycles. The summed E-state index contributed by atoms with van der Waals surface area (Å²) in [4.78, 5) is 12.4. The standard InChI is InChI=1S/C10H15BrN5OS/c1-18(2)4-3-17-6-16-5-13-7-8(11)14-10(12)15-9(7)16/h5H,3-4,6H2,1-2H3,(H2,12,14,15)/q+1. The van der Waals surface area contributed by atoms with Crippen LogP contribution < -0.4 is 5.73 Å². The number of nitrogen functional groups attached to an aromatic ring is 1. The van der Waals surface area contributed by atoms with Crippen LogP contribution in [0.5, 0.6) is 0 Å². The lowest BCUT2D eigenvalue weighted by atomic mass is 10.5. The molecule has 2 aromatic rings. The van der Waals surface area contributed by atoms with Crippen molar-refractivity contribution >= 4 is 43.9 Å². The number of imidazole rings is 1. The number of aromatic nitrogens is 4. The summed E-state index contributed by atoms with van der Waals surface area (Å²) >= 11 is 3.32. The highest BCUT2D eigenvalue weighted by molar-refractivity contribution is 9.10. The average Bonchev–Trinajstić information content (AvgIpc) is 2.67. The molecule has 2 aromatic heterocycles. The fourth-order valence-electron chi connectivity index (χ4n) is 1.41. The van der Waals surface area contributed by atoms with E-state index in [2.05, 4.69) is 43.4 Å². The number of hydrogen-bond acceptors (Lipinski definition) is 5. The number of hydrogen-bond donors (Lipinski definition) is 1. The van der Waals surface area contributed by atoms with E-state index >= 15 is 0 Å². The summed E-state index contributed by atoms with van der Waals surface area (Å²) in [6.07, 6.45) is 6.07. The monoisotopic (exact) mass is 332 g/mol. The van der Waals surface area contributed by atoms with Crippen molar-refractivity contribution in [2.75, 3.05) is 30.6 Å². The second-order valence-corrected chi connectivity index (χ2v) is 7.12. The van der Waals surface area contributed by atoms with Gasteiger partial charge < -0.3 is 10.5 Å². The maximum atomic E-state index is 5.61. The third-order valence-corrected chi connectivity index (χ3v) is 3.84. The predicted octanol–water partition coefficient (Wildman–Crippen LogP) is 1.02. The largest absolute Gasteiger partial charge is 0.368 e. The molecular weight excluding hydrogens is 318 g/mol. The first kappa shape index (κ1) is 13.6. The fraction of sp³-hybridized carbons (Fsp3) is 0.500. The van der Waals surface area contributed by atoms with Crippen LogP contribution in [0.2, 0.25) is 0 Å². The molecule has 0 aliphatic carbocycles. The summed E-state index contributed by atoms with van der Waals surface area (Å²) < 4.78 is 8.02. The van der Waals surface area contributed by atoms with E-state index in [4.69, 9.17) is 10.5 Å². The molecule has 0 spiro atoms. The van der Waals surface area contributed by atoms with Gasteiger partial charge in [-0.2, -0.15) is 4.98 Å². The number of nitrogens with two attached hydrogens (primary N) is 1. The topological polar surface area (TPSA) is 78.8 Å². The molecule has 0 fully saturated rings. The van der Waals surface area contributed by atoms with Gasteiger partial charge in [0.15, 0.2) is 5.65 Å². The molecule has 0 amide bonds. The lowest BCUT2D eigenvalue weighted by Crippen LogP contribution is -2.11. The van der Waals surface area contributed by atoms with Gasteiger partial charge in [0, 0.05) is 0 Å². The second-order valence-electron chi connectivity index (χ2n) is 3.99. The molecular formula is C10H15BrN5OS+. The van der Waals surface area contributed by atoms with Gasteiger partial charge in [0.05, 0.1) is 25.4 Å². The second kappa shape index (κ2) is 5.85. The smallest absolute Gasteiger partial charge is 0.223 e. The van der Waals surface area contributed by atoms with Crippen molar-refractivity contribution in [2.45, 2.75) is 6.73 Å². The van der Waals surface area contributed by atoms with E-state index in [1.54, 1.807) is 6.33 Å². The van der Waals surface area contributed by atoms with Crippen LogP contribution in [0.1, 0.15) is 0 Å². The Labute approximate surface area is 116 Å². The van der Waals surface area contributed by atoms with Crippen molar-refractivity contribution in [3.8, 4) is 0 Å². The molecule has 0 aliphatic heterocycles. The Morgan fingerprint density at radius 1 is 1.44 bits per heavy atom. The van der Waals surface area contributed by atoms with Crippen LogP contribution >= 0.6 is 15.9 Å². The maximum Gasteiger partial charge on any atom is 0.223 e. The van der Waals surface area contributed by atoms with Gasteiger partial charge >= 0.3 is 0 Å². The Morgan fingerprint density at radius 2 is 2.22 bits per heavy atom. The van der Waals surface area contributed by atoms with E-state index in [0.717, 1.165) is 12.4 Å². The van der Waals surface area contributed by atoms with Crippen molar-refractivity contribution in [3.05, 3.63) is 10.9 Å². The number of anilines is 1. The van der Waals surface area contributed by atoms with Crippen molar-refractivity contribution in [1.29, 1.82) is 0 Å². The molecule has 2 heterocycles. The Bertz CT molecular complexity index is 544. The third kappa shape index (κ3) is 3.12. The van der Waals surface area contributed by atoms with E-state index in [0.29, 0.717) is 33.4 Å². The van der Waals surface area contributed by atoms with Gasteiger partial charge in [0.25, 0.3) is 0 Å². The van der Waals surface area contributed by atoms with Gasteiger partial charge in [0.2, 0.25) is 5.95 Å². The van der Waals surface area contributed by atoms with Crippen LogP contribution in [0, 0.1) is 0 Å². The van der Waals surface area contributed by atoms with Crippen LogP contribution in [0.4, 0.5) is 5.95 Å². The molecule has 2 rings (SSSR count). The Morgan fingerprint density at radius 3 is 2.94 bits per heavy atom. The Kier molecular flexibility index (Phi) is 4.41. The van der Waals surface area contributed by atoms with Crippen LogP contribution in [0.25, 0.3) is 11.2 Å². The van der Waals surface area contributed by atoms with E-state index < -0.39 is 0 Å². The lowest BCUT2D eigenvalue weighted by Gasteiger charge is -2.05. The molecule has 0 saturated heterocycles. The highest BCUT2D eigenvalue weighted by Gasteiger charge is 2.10. The number of nitrogens with zero attached hydrogens (tertiary/aromatic N) is 4. The van der Waals surface area contributed by atoms with Gasteiger partial charge in [-0.05, 0) is 26.8 Å². The van der Waals surface area contributed by atoms with Crippen molar-refractivity contribution in [1.82, 2.24) is 19.5 Å². The normalized spacial score (nSPS) is 11.6.